The van der Waals surface area contributed by atoms with Crippen molar-refractivity contribution in [2.75, 3.05) is 25.0 Å². The molecule has 1 N–H and O–H groups in total. The number of aryl methyl sites for hydroxylation is 1. The van der Waals surface area contributed by atoms with E-state index in [1.54, 1.807) is 0 Å². The second-order valence-corrected chi connectivity index (χ2v) is 8.56. The molecule has 2 aliphatic rings. The molecule has 7 heteroatoms. The minimum atomic E-state index is 0.386. The van der Waals surface area contributed by atoms with Crippen LogP contribution in [0.5, 0.6) is 0 Å². The molecule has 0 radical (unpaired) electrons. The summed E-state index contributed by atoms with van der Waals surface area (Å²) in [5.41, 5.74) is 4.12. The van der Waals surface area contributed by atoms with Crippen LogP contribution in [0.15, 0.2) is 42.5 Å². The normalized spacial score (nSPS) is 19.2. The third-order valence-electron chi connectivity index (χ3n) is 6.45. The van der Waals surface area contributed by atoms with Crippen LogP contribution in [-0.2, 0) is 17.8 Å². The first-order valence-electron chi connectivity index (χ1n) is 11.1. The molecular weight excluding hydrogens is 388 g/mol. The first-order chi connectivity index (χ1) is 15.2. The highest BCUT2D eigenvalue weighted by Gasteiger charge is 2.24. The van der Waals surface area contributed by atoms with Gasteiger partial charge in [-0.2, -0.15) is 5.10 Å². The van der Waals surface area contributed by atoms with Crippen LogP contribution in [0, 0.1) is 6.92 Å². The zero-order valence-electron chi connectivity index (χ0n) is 17.7. The molecule has 0 spiro atoms. The molecular formula is C24H26N6O. The molecule has 1 unspecified atom stereocenters. The number of aromatic nitrogens is 4. The highest BCUT2D eigenvalue weighted by Crippen LogP contribution is 2.28. The lowest BCUT2D eigenvalue weighted by atomic mass is 10.1. The van der Waals surface area contributed by atoms with Crippen molar-refractivity contribution in [1.29, 1.82) is 0 Å². The molecule has 0 amide bonds. The molecule has 4 aromatic rings. The van der Waals surface area contributed by atoms with Crippen molar-refractivity contribution in [3.63, 3.8) is 0 Å². The van der Waals surface area contributed by atoms with Crippen molar-refractivity contribution < 1.29 is 4.74 Å². The number of hydrogen-bond acceptors (Lipinski definition) is 6. The van der Waals surface area contributed by atoms with E-state index in [4.69, 9.17) is 9.72 Å². The molecule has 1 atom stereocenters. The van der Waals surface area contributed by atoms with Crippen molar-refractivity contribution in [2.24, 2.45) is 0 Å². The quantitative estimate of drug-likeness (QED) is 0.544. The maximum absolute atomic E-state index is 5.82. The summed E-state index contributed by atoms with van der Waals surface area (Å²) in [6, 6.07) is 14.6. The third kappa shape index (κ3) is 3.43. The Hall–Kier alpha value is -3.03. The SMILES string of the molecule is Cc1nnc(Nc2ccc3c(c2)nc2n3CCN(CC3CCCO3)C2)c2ccccc12. The fourth-order valence-electron chi connectivity index (χ4n) is 4.85. The fourth-order valence-corrected chi connectivity index (χ4v) is 4.85. The third-order valence-corrected chi connectivity index (χ3v) is 6.45. The largest absolute Gasteiger partial charge is 0.377 e. The Morgan fingerprint density at radius 3 is 2.87 bits per heavy atom. The molecule has 4 heterocycles. The fraction of sp³-hybridized carbons (Fsp3) is 0.375. The molecule has 2 aromatic heterocycles. The molecule has 2 aliphatic heterocycles. The number of nitrogens with zero attached hydrogens (tertiary/aromatic N) is 5. The predicted octanol–water partition coefficient (Wildman–Crippen LogP) is 4.03. The molecule has 7 nitrogen and oxygen atoms in total. The minimum Gasteiger partial charge on any atom is -0.377 e. The Morgan fingerprint density at radius 2 is 2.00 bits per heavy atom. The van der Waals surface area contributed by atoms with Gasteiger partial charge >= 0.3 is 0 Å². The highest BCUT2D eigenvalue weighted by molar-refractivity contribution is 5.94. The van der Waals surface area contributed by atoms with E-state index < -0.39 is 0 Å². The molecule has 1 saturated heterocycles. The first kappa shape index (κ1) is 18.7. The number of imidazole rings is 1. The number of anilines is 2. The second-order valence-electron chi connectivity index (χ2n) is 8.56. The Bertz CT molecular complexity index is 1260. The molecule has 6 rings (SSSR count). The zero-order valence-corrected chi connectivity index (χ0v) is 17.7. The van der Waals surface area contributed by atoms with Gasteiger partial charge in [0.2, 0.25) is 0 Å². The molecule has 158 valence electrons. The van der Waals surface area contributed by atoms with Crippen LogP contribution in [0.3, 0.4) is 0 Å². The van der Waals surface area contributed by atoms with Gasteiger partial charge in [-0.1, -0.05) is 24.3 Å². The van der Waals surface area contributed by atoms with E-state index in [9.17, 15) is 0 Å². The van der Waals surface area contributed by atoms with Gasteiger partial charge in [0.25, 0.3) is 0 Å². The molecule has 2 aromatic carbocycles. The van der Waals surface area contributed by atoms with Gasteiger partial charge in [0, 0.05) is 42.7 Å². The lowest BCUT2D eigenvalue weighted by Crippen LogP contribution is -2.38. The van der Waals surface area contributed by atoms with E-state index in [2.05, 4.69) is 55.3 Å². The lowest BCUT2D eigenvalue weighted by Gasteiger charge is -2.29. The van der Waals surface area contributed by atoms with Gasteiger partial charge in [-0.05, 0) is 38.0 Å². The van der Waals surface area contributed by atoms with Crippen LogP contribution in [0.1, 0.15) is 24.4 Å². The Kier molecular flexibility index (Phi) is 4.58. The topological polar surface area (TPSA) is 68.1 Å². The monoisotopic (exact) mass is 414 g/mol. The summed E-state index contributed by atoms with van der Waals surface area (Å²) in [4.78, 5) is 7.44. The number of ether oxygens (including phenoxy) is 1. The first-order valence-corrected chi connectivity index (χ1v) is 11.1. The average molecular weight is 415 g/mol. The van der Waals surface area contributed by atoms with E-state index in [0.717, 1.165) is 72.1 Å². The van der Waals surface area contributed by atoms with Gasteiger partial charge in [-0.3, -0.25) is 4.90 Å². The number of rotatable bonds is 4. The van der Waals surface area contributed by atoms with Crippen LogP contribution >= 0.6 is 0 Å². The number of fused-ring (bicyclic) bond motifs is 4. The van der Waals surface area contributed by atoms with Crippen LogP contribution < -0.4 is 5.32 Å². The van der Waals surface area contributed by atoms with Crippen LogP contribution in [0.25, 0.3) is 21.8 Å². The lowest BCUT2D eigenvalue weighted by molar-refractivity contribution is 0.0636. The summed E-state index contributed by atoms with van der Waals surface area (Å²) in [6.45, 7) is 6.81. The second kappa shape index (κ2) is 7.59. The average Bonchev–Trinajstić information content (AvgIpc) is 3.42. The predicted molar refractivity (Wildman–Crippen MR) is 122 cm³/mol. The van der Waals surface area contributed by atoms with Crippen molar-refractivity contribution in [1.82, 2.24) is 24.6 Å². The Balaban J connectivity index is 1.27. The van der Waals surface area contributed by atoms with Crippen molar-refractivity contribution >= 4 is 33.3 Å². The number of nitrogens with one attached hydrogen (secondary N) is 1. The van der Waals surface area contributed by atoms with E-state index in [1.807, 2.05) is 19.1 Å². The Labute approximate surface area is 181 Å². The highest BCUT2D eigenvalue weighted by atomic mass is 16.5. The van der Waals surface area contributed by atoms with Gasteiger partial charge in [-0.25, -0.2) is 4.98 Å². The minimum absolute atomic E-state index is 0.386. The summed E-state index contributed by atoms with van der Waals surface area (Å²) in [5.74, 6) is 1.91. The van der Waals surface area contributed by atoms with Crippen LogP contribution in [0.2, 0.25) is 0 Å². The van der Waals surface area contributed by atoms with Gasteiger partial charge in [0.15, 0.2) is 5.82 Å². The van der Waals surface area contributed by atoms with Gasteiger partial charge in [0.05, 0.1) is 29.4 Å². The molecule has 0 saturated carbocycles. The maximum Gasteiger partial charge on any atom is 0.160 e. The smallest absolute Gasteiger partial charge is 0.160 e. The van der Waals surface area contributed by atoms with Crippen LogP contribution in [-0.4, -0.2) is 50.4 Å². The molecule has 0 bridgehead atoms. The van der Waals surface area contributed by atoms with Gasteiger partial charge < -0.3 is 14.6 Å². The summed E-state index contributed by atoms with van der Waals surface area (Å²) in [7, 11) is 0. The standard InChI is InChI=1S/C24H26N6O/c1-16-19-6-2-3-7-20(19)24(28-27-16)25-17-8-9-22-21(13-17)26-23-15-29(10-11-30(22)23)14-18-5-4-12-31-18/h2-3,6-9,13,18H,4-5,10-12,14-15H2,1H3,(H,25,28). The van der Waals surface area contributed by atoms with E-state index in [0.29, 0.717) is 6.10 Å². The molecule has 0 aliphatic carbocycles. The van der Waals surface area contributed by atoms with E-state index >= 15 is 0 Å². The van der Waals surface area contributed by atoms with Crippen molar-refractivity contribution in [2.45, 2.75) is 39.0 Å². The molecule has 31 heavy (non-hydrogen) atoms. The van der Waals surface area contributed by atoms with Gasteiger partial charge in [0.1, 0.15) is 5.82 Å². The van der Waals surface area contributed by atoms with E-state index in [-0.39, 0.29) is 0 Å². The maximum atomic E-state index is 5.82. The number of hydrogen-bond donors (Lipinski definition) is 1. The van der Waals surface area contributed by atoms with Gasteiger partial charge in [-0.15, -0.1) is 5.10 Å². The summed E-state index contributed by atoms with van der Waals surface area (Å²) < 4.78 is 8.18. The summed E-state index contributed by atoms with van der Waals surface area (Å²) >= 11 is 0. The number of benzene rings is 2. The van der Waals surface area contributed by atoms with E-state index in [1.165, 1.54) is 18.4 Å². The molecule has 1 fully saturated rings. The van der Waals surface area contributed by atoms with Crippen molar-refractivity contribution in [3.05, 3.63) is 54.0 Å². The van der Waals surface area contributed by atoms with Crippen molar-refractivity contribution in [3.8, 4) is 0 Å². The van der Waals surface area contributed by atoms with Crippen LogP contribution in [0.4, 0.5) is 11.5 Å². The summed E-state index contributed by atoms with van der Waals surface area (Å²) in [6.07, 6.45) is 2.75. The Morgan fingerprint density at radius 1 is 1.10 bits per heavy atom. The summed E-state index contributed by atoms with van der Waals surface area (Å²) in [5, 5.41) is 14.4. The zero-order chi connectivity index (χ0) is 20.8.